The van der Waals surface area contributed by atoms with Gasteiger partial charge in [0.25, 0.3) is 0 Å². The molecule has 19 heteroatoms. The fourth-order valence-corrected chi connectivity index (χ4v) is 0.792. The molecule has 0 amide bonds. The van der Waals surface area contributed by atoms with E-state index in [0.29, 0.717) is 0 Å². The van der Waals surface area contributed by atoms with Crippen LogP contribution in [0.4, 0.5) is 0 Å². The van der Waals surface area contributed by atoms with Gasteiger partial charge in [-0.25, -0.2) is 14.4 Å². The van der Waals surface area contributed by atoms with E-state index in [1.807, 2.05) is 0 Å². The Hall–Kier alpha value is -2.37. The Labute approximate surface area is 193 Å². The maximum Gasteiger partial charge on any atom is 3.00 e. The first-order valence-electron chi connectivity index (χ1n) is 6.79. The maximum absolute atomic E-state index is 9.77. The molecule has 0 saturated heterocycles. The van der Waals surface area contributed by atoms with Crippen molar-refractivity contribution >= 4 is 35.8 Å². The van der Waals surface area contributed by atoms with Crippen LogP contribution in [-0.4, -0.2) is 118 Å². The van der Waals surface area contributed by atoms with Crippen LogP contribution in [0.15, 0.2) is 0 Å². The summed E-state index contributed by atoms with van der Waals surface area (Å²) in [6, 6.07) is 0. The van der Waals surface area contributed by atoms with Gasteiger partial charge in [0, 0.05) is 0 Å². The van der Waals surface area contributed by atoms with Crippen LogP contribution in [0.3, 0.4) is 0 Å². The molecule has 1 radical (unpaired) electrons. The third kappa shape index (κ3) is 16.0. The molecule has 0 bridgehead atoms. The third-order valence-corrected chi connectivity index (χ3v) is 2.38. The molecule has 18 nitrogen and oxygen atoms in total. The van der Waals surface area contributed by atoms with Crippen molar-refractivity contribution < 1.29 is 121 Å². The number of carbonyl (C=O) groups is 6. The second-order valence-electron chi connectivity index (χ2n) is 4.64. The second kappa shape index (κ2) is 17.3. The molecular weight excluding hydrogens is 670 g/mol. The largest absolute Gasteiger partial charge is 3.00 e. The quantitative estimate of drug-likeness (QED) is 0.109. The Bertz CT molecular complexity index is 493. The van der Waals surface area contributed by atoms with Gasteiger partial charge in [-0.1, -0.05) is 0 Å². The Morgan fingerprint density at radius 2 is 0.548 bits per heavy atom. The fourth-order valence-electron chi connectivity index (χ4n) is 0.792. The van der Waals surface area contributed by atoms with E-state index >= 15 is 0 Å². The molecule has 0 heterocycles. The van der Waals surface area contributed by atoms with Crippen LogP contribution in [0.25, 0.3) is 0 Å². The van der Waals surface area contributed by atoms with Crippen molar-refractivity contribution in [1.29, 1.82) is 0 Å². The zero-order valence-electron chi connectivity index (χ0n) is 14.7. The van der Waals surface area contributed by atoms with Gasteiger partial charge in [0.1, 0.15) is 18.3 Å². The number of hydrogen-bond acceptors (Lipinski definition) is 15. The summed E-state index contributed by atoms with van der Waals surface area (Å²) in [6.45, 7) is 0. The van der Waals surface area contributed by atoms with Crippen LogP contribution in [0.5, 0.6) is 0 Å². The van der Waals surface area contributed by atoms with E-state index in [-0.39, 0.29) is 31.1 Å². The van der Waals surface area contributed by atoms with E-state index in [1.54, 1.807) is 0 Å². The van der Waals surface area contributed by atoms with Gasteiger partial charge in [0.15, 0.2) is 18.3 Å². The van der Waals surface area contributed by atoms with E-state index in [4.69, 9.17) is 46.0 Å². The van der Waals surface area contributed by atoms with E-state index < -0.39 is 72.4 Å². The number of aliphatic carboxylic acids is 6. The molecule has 0 aromatic rings. The predicted octanol–water partition coefficient (Wildman–Crippen LogP) is -10.4. The molecular formula is C12H15O18U. The number of carboxylic acids is 6. The average molecular weight is 685 g/mol. The molecule has 0 aromatic heterocycles. The molecule has 0 saturated carbocycles. The molecule has 0 aliphatic rings. The number of aliphatic hydroxyl groups excluding tert-OH is 6. The van der Waals surface area contributed by atoms with Gasteiger partial charge in [-0.3, -0.25) is 0 Å². The third-order valence-electron chi connectivity index (χ3n) is 2.38. The normalized spacial score (nSPS) is 15.3. The zero-order valence-corrected chi connectivity index (χ0v) is 18.8. The average Bonchev–Trinajstić information content (AvgIpc) is 2.64. The first kappa shape index (κ1) is 36.0. The first-order valence-corrected chi connectivity index (χ1v) is 6.79. The maximum atomic E-state index is 9.77. The summed E-state index contributed by atoms with van der Waals surface area (Å²) in [7, 11) is 0. The molecule has 0 aliphatic heterocycles. The summed E-state index contributed by atoms with van der Waals surface area (Å²) in [5.41, 5.74) is 0. The summed E-state index contributed by atoms with van der Waals surface area (Å²) in [4.78, 5) is 58.2. The Morgan fingerprint density at radius 3 is 0.645 bits per heavy atom. The van der Waals surface area contributed by atoms with Crippen LogP contribution >= 0.6 is 0 Å². The van der Waals surface area contributed by atoms with Crippen LogP contribution in [0.2, 0.25) is 0 Å². The fraction of sp³-hybridized carbons (Fsp3) is 0.500. The van der Waals surface area contributed by atoms with Crippen molar-refractivity contribution in [3.8, 4) is 0 Å². The summed E-state index contributed by atoms with van der Waals surface area (Å²) < 4.78 is 0. The topological polar surface area (TPSA) is 354 Å². The van der Waals surface area contributed by atoms with Crippen molar-refractivity contribution in [1.82, 2.24) is 0 Å². The number of rotatable bonds is 9. The molecule has 9 N–H and O–H groups in total. The molecule has 175 valence electrons. The zero-order chi connectivity index (χ0) is 24.9. The van der Waals surface area contributed by atoms with Crippen LogP contribution in [0.1, 0.15) is 0 Å². The predicted molar refractivity (Wildman–Crippen MR) is 74.0 cm³/mol. The van der Waals surface area contributed by atoms with Crippen LogP contribution in [0, 0.1) is 31.1 Å². The minimum atomic E-state index is -2.44. The van der Waals surface area contributed by atoms with Gasteiger partial charge in [0.2, 0.25) is 0 Å². The van der Waals surface area contributed by atoms with E-state index in [2.05, 4.69) is 0 Å². The van der Waals surface area contributed by atoms with Crippen LogP contribution in [-0.2, 0) is 28.8 Å². The summed E-state index contributed by atoms with van der Waals surface area (Å²) >= 11 is 0. The second-order valence-corrected chi connectivity index (χ2v) is 4.64. The standard InChI is InChI=1S/3C4H6O6.U/c3*5-1(3(7)8)2(6)4(9)10;/h3*1-2,5-6H,(H,7,8)(H,9,10);/q;;;+3/p-3. The molecule has 0 aliphatic carbocycles. The van der Waals surface area contributed by atoms with Crippen molar-refractivity contribution in [2.75, 3.05) is 0 Å². The molecule has 6 unspecified atom stereocenters. The monoisotopic (exact) mass is 685 g/mol. The van der Waals surface area contributed by atoms with Gasteiger partial charge in [-0.15, -0.1) is 0 Å². The number of aliphatic hydroxyl groups is 6. The summed E-state index contributed by atoms with van der Waals surface area (Å²) in [5.74, 6) is -11.5. The van der Waals surface area contributed by atoms with Crippen molar-refractivity contribution in [2.45, 2.75) is 36.6 Å². The van der Waals surface area contributed by atoms with E-state index in [0.717, 1.165) is 0 Å². The minimum Gasteiger partial charge on any atom is -0.547 e. The molecule has 0 spiro atoms. The van der Waals surface area contributed by atoms with Gasteiger partial charge in [-0.2, -0.15) is 0 Å². The van der Waals surface area contributed by atoms with E-state index in [9.17, 15) is 44.1 Å². The molecule has 31 heavy (non-hydrogen) atoms. The number of hydrogen-bond donors (Lipinski definition) is 9. The Morgan fingerprint density at radius 1 is 0.419 bits per heavy atom. The molecule has 0 aromatic carbocycles. The van der Waals surface area contributed by atoms with Crippen molar-refractivity contribution in [2.24, 2.45) is 0 Å². The molecule has 6 atom stereocenters. The van der Waals surface area contributed by atoms with Gasteiger partial charge in [0.05, 0.1) is 17.9 Å². The summed E-state index contributed by atoms with van der Waals surface area (Å²) in [6.07, 6.45) is -14.1. The Kier molecular flexibility index (Phi) is 20.1. The number of carbonyl (C=O) groups excluding carboxylic acids is 3. The first-order chi connectivity index (χ1) is 13.4. The van der Waals surface area contributed by atoms with Gasteiger partial charge < -0.3 is 75.7 Å². The number of carboxylic acid groups (broad SMARTS) is 6. The Balaban J connectivity index is -0.000000174. The van der Waals surface area contributed by atoms with E-state index in [1.165, 1.54) is 0 Å². The molecule has 0 fully saturated rings. The van der Waals surface area contributed by atoms with Gasteiger partial charge >= 0.3 is 49.0 Å². The van der Waals surface area contributed by atoms with Crippen molar-refractivity contribution in [3.63, 3.8) is 0 Å². The SMILES string of the molecule is O=C(O)C(O)C(O)C(=O)O.O=C([O-])C(O)C(O)C(=O)O.O=C([O-])C(O)C(O)C(=O)[O-].[U+3]. The summed E-state index contributed by atoms with van der Waals surface area (Å²) in [5, 5.41) is 102. The van der Waals surface area contributed by atoms with Gasteiger partial charge in [-0.05, 0) is 0 Å². The minimum absolute atomic E-state index is 0. The smallest absolute Gasteiger partial charge is 0.547 e. The van der Waals surface area contributed by atoms with Crippen LogP contribution < -0.4 is 15.3 Å². The van der Waals surface area contributed by atoms with Crippen molar-refractivity contribution in [3.05, 3.63) is 0 Å². The molecule has 0 rings (SSSR count).